The fraction of sp³-hybridized carbons (Fsp3) is 0.800. The highest BCUT2D eigenvalue weighted by molar-refractivity contribution is 8.00. The summed E-state index contributed by atoms with van der Waals surface area (Å²) in [7, 11) is 0. The molecule has 0 aromatic rings. The van der Waals surface area contributed by atoms with Crippen LogP contribution in [0.2, 0.25) is 0 Å². The molecule has 5 N–H and O–H groups in total. The molecule has 2 heterocycles. The van der Waals surface area contributed by atoms with Crippen molar-refractivity contribution in [3.8, 4) is 12.3 Å². The molecule has 0 aromatic heterocycles. The third-order valence-corrected chi connectivity index (χ3v) is 16.0. The van der Waals surface area contributed by atoms with Crippen molar-refractivity contribution in [2.45, 2.75) is 141 Å². The summed E-state index contributed by atoms with van der Waals surface area (Å²) in [5, 5.41) is 33.4. The molecule has 0 bridgehead atoms. The summed E-state index contributed by atoms with van der Waals surface area (Å²) in [5.41, 5.74) is 9.67. The van der Waals surface area contributed by atoms with E-state index < -0.39 is 23.5 Å². The van der Waals surface area contributed by atoms with Crippen molar-refractivity contribution >= 4 is 35.4 Å². The summed E-state index contributed by atoms with van der Waals surface area (Å²) in [6, 6.07) is -0.728. The second-order valence-corrected chi connectivity index (χ2v) is 18.7. The van der Waals surface area contributed by atoms with E-state index in [2.05, 4.69) is 52.7 Å². The number of aliphatic hydroxyl groups excluding tert-OH is 2. The molecule has 0 aromatic carbocycles. The molecule has 14 heteroatoms. The van der Waals surface area contributed by atoms with E-state index in [4.69, 9.17) is 12.0 Å². The predicted octanol–water partition coefficient (Wildman–Crippen LogP) is 4.74. The standard InChI is InChI=1S/C40H59N7O6S/c1-6-8-30(43-31(50)9-7-18-42-46-41)44-36(52)35-23(3)21-54-38-34(37(53)47(35)38)45-32(51)13-10-22(2)26-11-12-27-33-28(15-17-40(26,27)5)39(4)16-14-25(48)19-24(39)20-29(33)49/h1,22,24-30,33-34,38,48-49H,7-21H2,2-5H3,(H,43,50)(H,44,52)(H,45,51). The Morgan fingerprint density at radius 3 is 2.56 bits per heavy atom. The first-order valence-corrected chi connectivity index (χ1v) is 21.1. The topological polar surface area (TPSA) is 197 Å². The van der Waals surface area contributed by atoms with Crippen molar-refractivity contribution < 1.29 is 29.4 Å². The van der Waals surface area contributed by atoms with Gasteiger partial charge in [0.05, 0.1) is 12.2 Å². The van der Waals surface area contributed by atoms with Crippen LogP contribution in [0.15, 0.2) is 16.4 Å². The first kappa shape index (κ1) is 40.4. The number of carbonyl (C=O) groups excluding carboxylic acids is 4. The molecule has 6 rings (SSSR count). The fourth-order valence-corrected chi connectivity index (χ4v) is 13.2. The highest BCUT2D eigenvalue weighted by atomic mass is 32.2. The number of nitrogens with one attached hydrogen (secondary N) is 3. The van der Waals surface area contributed by atoms with Crippen LogP contribution in [0.4, 0.5) is 0 Å². The Labute approximate surface area is 323 Å². The number of rotatable bonds is 13. The molecule has 13 unspecified atom stereocenters. The SMILES string of the molecule is C#CCC(NC(=O)CCCN=[N+]=[N-])NC(=O)C1=C(C)CSC2C(NC(=O)CCC(C)C3CCC4C5C(O)CC6CC(O)CCC6(C)C5CCC34C)C(=O)N12. The number of fused-ring (bicyclic) bond motifs is 6. The van der Waals surface area contributed by atoms with Gasteiger partial charge in [0.15, 0.2) is 0 Å². The van der Waals surface area contributed by atoms with Crippen LogP contribution in [-0.4, -0.2) is 80.8 Å². The Balaban J connectivity index is 1.01. The molecule has 0 radical (unpaired) electrons. The van der Waals surface area contributed by atoms with Gasteiger partial charge in [-0.25, -0.2) is 0 Å². The quantitative estimate of drug-likeness (QED) is 0.0340. The molecule has 2 aliphatic heterocycles. The molecule has 13 atom stereocenters. The first-order chi connectivity index (χ1) is 25.7. The summed E-state index contributed by atoms with van der Waals surface area (Å²) in [4.78, 5) is 56.9. The maximum absolute atomic E-state index is 13.5. The second-order valence-electron chi connectivity index (χ2n) is 17.6. The smallest absolute Gasteiger partial charge is 0.269 e. The number of amides is 4. The average Bonchev–Trinajstić information content (AvgIpc) is 3.49. The number of hydrogen-bond acceptors (Lipinski definition) is 8. The number of nitrogens with zero attached hydrogens (tertiary/aromatic N) is 4. The van der Waals surface area contributed by atoms with E-state index >= 15 is 0 Å². The minimum atomic E-state index is -0.848. The predicted molar refractivity (Wildman–Crippen MR) is 206 cm³/mol. The fourth-order valence-electron chi connectivity index (χ4n) is 11.9. The van der Waals surface area contributed by atoms with E-state index in [9.17, 15) is 29.4 Å². The number of hydrogen-bond donors (Lipinski definition) is 5. The molecular weight excluding hydrogens is 707 g/mol. The van der Waals surface area contributed by atoms with Gasteiger partial charge < -0.3 is 26.2 Å². The molecule has 13 nitrogen and oxygen atoms in total. The third-order valence-electron chi connectivity index (χ3n) is 14.6. The van der Waals surface area contributed by atoms with Gasteiger partial charge in [-0.1, -0.05) is 25.9 Å². The lowest BCUT2D eigenvalue weighted by atomic mass is 9.43. The molecule has 5 fully saturated rings. The maximum Gasteiger partial charge on any atom is 0.269 e. The van der Waals surface area contributed by atoms with Crippen LogP contribution < -0.4 is 16.0 Å². The summed E-state index contributed by atoms with van der Waals surface area (Å²) in [5.74, 6) is 4.01. The Morgan fingerprint density at radius 2 is 1.81 bits per heavy atom. The molecular formula is C40H59N7O6S. The normalized spacial score (nSPS) is 37.8. The Morgan fingerprint density at radius 1 is 1.07 bits per heavy atom. The van der Waals surface area contributed by atoms with Crippen LogP contribution in [0.1, 0.15) is 111 Å². The van der Waals surface area contributed by atoms with E-state index in [1.807, 2.05) is 0 Å². The van der Waals surface area contributed by atoms with Crippen LogP contribution >= 0.6 is 11.8 Å². The number of terminal acetylenes is 1. The summed E-state index contributed by atoms with van der Waals surface area (Å²) in [6.45, 7) is 9.11. The van der Waals surface area contributed by atoms with Crippen LogP contribution in [0.5, 0.6) is 0 Å². The number of thioether (sulfide) groups is 1. The number of aliphatic hydroxyl groups is 2. The third kappa shape index (κ3) is 7.63. The van der Waals surface area contributed by atoms with E-state index in [0.717, 1.165) is 57.8 Å². The molecule has 1 saturated heterocycles. The van der Waals surface area contributed by atoms with Crippen LogP contribution in [0.3, 0.4) is 0 Å². The largest absolute Gasteiger partial charge is 0.393 e. The molecule has 296 valence electrons. The second kappa shape index (κ2) is 16.5. The maximum atomic E-state index is 13.5. The van der Waals surface area contributed by atoms with E-state index in [-0.39, 0.29) is 65.8 Å². The zero-order chi connectivity index (χ0) is 38.9. The Kier molecular flexibility index (Phi) is 12.3. The summed E-state index contributed by atoms with van der Waals surface area (Å²) < 4.78 is 0. The first-order valence-electron chi connectivity index (χ1n) is 20.1. The molecule has 4 saturated carbocycles. The van der Waals surface area contributed by atoms with Gasteiger partial charge in [-0.05, 0) is 129 Å². The average molecular weight is 766 g/mol. The van der Waals surface area contributed by atoms with Gasteiger partial charge >= 0.3 is 0 Å². The van der Waals surface area contributed by atoms with Crippen LogP contribution in [0.25, 0.3) is 10.4 Å². The molecule has 4 amide bonds. The molecule has 6 aliphatic rings. The molecule has 54 heavy (non-hydrogen) atoms. The lowest BCUT2D eigenvalue weighted by Gasteiger charge is -2.62. The van der Waals surface area contributed by atoms with E-state index in [1.165, 1.54) is 16.7 Å². The van der Waals surface area contributed by atoms with Gasteiger partial charge in [0, 0.05) is 36.5 Å². The highest BCUT2D eigenvalue weighted by Crippen LogP contribution is 2.68. The molecule has 4 aliphatic carbocycles. The van der Waals surface area contributed by atoms with Crippen LogP contribution in [-0.2, 0) is 19.2 Å². The number of carbonyl (C=O) groups is 4. The Hall–Kier alpha value is -3.24. The van der Waals surface area contributed by atoms with Crippen molar-refractivity contribution in [2.75, 3.05) is 12.3 Å². The zero-order valence-electron chi connectivity index (χ0n) is 32.3. The van der Waals surface area contributed by atoms with Gasteiger partial charge in [0.2, 0.25) is 11.8 Å². The summed E-state index contributed by atoms with van der Waals surface area (Å²) >= 11 is 1.50. The van der Waals surface area contributed by atoms with Crippen molar-refractivity contribution in [2.24, 2.45) is 51.5 Å². The van der Waals surface area contributed by atoms with E-state index in [1.54, 1.807) is 6.92 Å². The highest BCUT2D eigenvalue weighted by Gasteiger charge is 2.63. The zero-order valence-corrected chi connectivity index (χ0v) is 33.1. The van der Waals surface area contributed by atoms with Gasteiger partial charge in [-0.15, -0.1) is 24.1 Å². The number of azide groups is 1. The van der Waals surface area contributed by atoms with Crippen molar-refractivity contribution in [3.05, 3.63) is 21.7 Å². The Bertz CT molecular complexity index is 1610. The minimum Gasteiger partial charge on any atom is -0.393 e. The van der Waals surface area contributed by atoms with Crippen molar-refractivity contribution in [3.63, 3.8) is 0 Å². The van der Waals surface area contributed by atoms with Crippen LogP contribution in [0, 0.1) is 58.7 Å². The van der Waals surface area contributed by atoms with Gasteiger partial charge in [0.25, 0.3) is 11.8 Å². The van der Waals surface area contributed by atoms with Gasteiger partial charge in [-0.3, -0.25) is 24.1 Å². The number of β-lactam (4-membered cyclic amide) rings is 1. The van der Waals surface area contributed by atoms with Crippen molar-refractivity contribution in [1.82, 2.24) is 20.9 Å². The lowest BCUT2D eigenvalue weighted by Crippen LogP contribution is -2.71. The lowest BCUT2D eigenvalue weighted by molar-refractivity contribution is -0.174. The van der Waals surface area contributed by atoms with Gasteiger partial charge in [0.1, 0.15) is 23.3 Å². The van der Waals surface area contributed by atoms with Crippen molar-refractivity contribution in [1.29, 1.82) is 0 Å². The van der Waals surface area contributed by atoms with Gasteiger partial charge in [-0.2, -0.15) is 0 Å². The van der Waals surface area contributed by atoms with E-state index in [0.29, 0.717) is 59.7 Å². The monoisotopic (exact) mass is 765 g/mol. The molecule has 0 spiro atoms. The minimum absolute atomic E-state index is 0.0404. The summed E-state index contributed by atoms with van der Waals surface area (Å²) in [6.07, 6.45) is 13.6.